The lowest BCUT2D eigenvalue weighted by atomic mass is 9.95. The highest BCUT2D eigenvalue weighted by Crippen LogP contribution is 2.30. The first kappa shape index (κ1) is 13.1. The summed E-state index contributed by atoms with van der Waals surface area (Å²) in [4.78, 5) is 32.9. The van der Waals surface area contributed by atoms with E-state index in [0.717, 1.165) is 30.6 Å². The molecule has 2 amide bonds. The highest BCUT2D eigenvalue weighted by molar-refractivity contribution is 6.08. The first-order chi connectivity index (χ1) is 9.61. The van der Waals surface area contributed by atoms with Crippen molar-refractivity contribution >= 4 is 17.5 Å². The number of amides is 2. The van der Waals surface area contributed by atoms with E-state index in [1.54, 1.807) is 29.0 Å². The van der Waals surface area contributed by atoms with Gasteiger partial charge < -0.3 is 4.90 Å². The van der Waals surface area contributed by atoms with E-state index in [0.29, 0.717) is 6.54 Å². The Morgan fingerprint density at radius 1 is 1.25 bits per heavy atom. The maximum Gasteiger partial charge on any atom is 0.250 e. The third-order valence-corrected chi connectivity index (χ3v) is 4.29. The number of aromatic nitrogens is 1. The van der Waals surface area contributed by atoms with E-state index in [1.807, 2.05) is 13.0 Å². The molecule has 5 nitrogen and oxygen atoms in total. The Balaban J connectivity index is 2.01. The molecule has 0 radical (unpaired) electrons. The van der Waals surface area contributed by atoms with Gasteiger partial charge >= 0.3 is 0 Å². The van der Waals surface area contributed by atoms with Crippen molar-refractivity contribution in [2.24, 2.45) is 0 Å². The Bertz CT molecular complexity index is 558. The van der Waals surface area contributed by atoms with Gasteiger partial charge in [-0.05, 0) is 45.2 Å². The van der Waals surface area contributed by atoms with Gasteiger partial charge in [0.15, 0.2) is 0 Å². The lowest BCUT2D eigenvalue weighted by Gasteiger charge is -2.46. The summed E-state index contributed by atoms with van der Waals surface area (Å²) < 4.78 is 0. The number of anilines is 1. The molecule has 2 saturated heterocycles. The Hall–Kier alpha value is -1.91. The van der Waals surface area contributed by atoms with Gasteiger partial charge in [0.1, 0.15) is 12.1 Å². The molecule has 5 heteroatoms. The fraction of sp³-hybridized carbons (Fsp3) is 0.533. The highest BCUT2D eigenvalue weighted by atomic mass is 16.2. The van der Waals surface area contributed by atoms with Gasteiger partial charge in [-0.15, -0.1) is 0 Å². The first-order valence-electron chi connectivity index (χ1n) is 7.16. The molecule has 2 aliphatic heterocycles. The summed E-state index contributed by atoms with van der Waals surface area (Å²) in [7, 11) is 0. The van der Waals surface area contributed by atoms with E-state index < -0.39 is 6.04 Å². The van der Waals surface area contributed by atoms with Crippen LogP contribution in [0.15, 0.2) is 18.3 Å². The predicted molar refractivity (Wildman–Crippen MR) is 75.3 cm³/mol. The Morgan fingerprint density at radius 3 is 2.80 bits per heavy atom. The van der Waals surface area contributed by atoms with Gasteiger partial charge in [-0.2, -0.15) is 0 Å². The molecule has 2 fully saturated rings. The molecule has 106 valence electrons. The zero-order valence-electron chi connectivity index (χ0n) is 11.9. The van der Waals surface area contributed by atoms with Gasteiger partial charge in [0.05, 0.1) is 11.4 Å². The summed E-state index contributed by atoms with van der Waals surface area (Å²) in [6.45, 7) is 4.38. The van der Waals surface area contributed by atoms with Gasteiger partial charge in [-0.1, -0.05) is 0 Å². The normalized spacial score (nSPS) is 26.7. The summed E-state index contributed by atoms with van der Waals surface area (Å²) in [5, 5.41) is 0. The second-order valence-electron chi connectivity index (χ2n) is 5.54. The molecule has 0 N–H and O–H groups in total. The molecule has 2 atom stereocenters. The number of pyridine rings is 1. The number of hydrogen-bond acceptors (Lipinski definition) is 3. The number of hydrogen-bond donors (Lipinski definition) is 0. The van der Waals surface area contributed by atoms with Crippen LogP contribution >= 0.6 is 0 Å². The monoisotopic (exact) mass is 273 g/mol. The van der Waals surface area contributed by atoms with Crippen LogP contribution in [0, 0.1) is 6.92 Å². The fourth-order valence-electron chi connectivity index (χ4n) is 3.21. The fourth-order valence-corrected chi connectivity index (χ4v) is 3.21. The molecule has 0 saturated carbocycles. The molecular formula is C15H19N3O2. The smallest absolute Gasteiger partial charge is 0.250 e. The molecular weight excluding hydrogens is 254 g/mol. The van der Waals surface area contributed by atoms with Crippen molar-refractivity contribution in [2.45, 2.75) is 45.2 Å². The van der Waals surface area contributed by atoms with Crippen molar-refractivity contribution < 1.29 is 9.59 Å². The molecule has 20 heavy (non-hydrogen) atoms. The zero-order valence-corrected chi connectivity index (χ0v) is 11.9. The van der Waals surface area contributed by atoms with Crippen molar-refractivity contribution in [1.29, 1.82) is 0 Å². The lowest BCUT2D eigenvalue weighted by molar-refractivity contribution is -0.147. The minimum atomic E-state index is -0.445. The number of carbonyl (C=O) groups is 2. The average molecular weight is 273 g/mol. The van der Waals surface area contributed by atoms with E-state index >= 15 is 0 Å². The molecule has 0 aromatic carbocycles. The van der Waals surface area contributed by atoms with Gasteiger partial charge in [0.25, 0.3) is 5.91 Å². The topological polar surface area (TPSA) is 53.5 Å². The number of carbonyl (C=O) groups excluding carboxylic acids is 2. The summed E-state index contributed by atoms with van der Waals surface area (Å²) in [5.74, 6) is 0.0884. The van der Waals surface area contributed by atoms with Gasteiger partial charge in [0.2, 0.25) is 5.91 Å². The SMILES string of the molecule is Cc1ncccc1N1C(=O)C2CCCCN2C(=O)C1C. The highest BCUT2D eigenvalue weighted by Gasteiger charge is 2.45. The summed E-state index contributed by atoms with van der Waals surface area (Å²) in [6.07, 6.45) is 4.47. The Kier molecular flexibility index (Phi) is 3.20. The van der Waals surface area contributed by atoms with Crippen LogP contribution in [0.3, 0.4) is 0 Å². The van der Waals surface area contributed by atoms with Crippen molar-refractivity contribution in [3.63, 3.8) is 0 Å². The van der Waals surface area contributed by atoms with E-state index in [2.05, 4.69) is 4.98 Å². The molecule has 2 aliphatic rings. The number of fused-ring (bicyclic) bond motifs is 1. The maximum absolute atomic E-state index is 12.8. The Labute approximate surface area is 118 Å². The number of rotatable bonds is 1. The average Bonchev–Trinajstić information content (AvgIpc) is 2.47. The number of piperidine rings is 1. The quantitative estimate of drug-likeness (QED) is 0.779. The van der Waals surface area contributed by atoms with E-state index in [1.165, 1.54) is 0 Å². The standard InChI is InChI=1S/C15H19N3O2/c1-10-12(7-5-8-16-10)18-11(2)14(19)17-9-4-3-6-13(17)15(18)20/h5,7-8,11,13H,3-4,6,9H2,1-2H3. The van der Waals surface area contributed by atoms with Crippen LogP contribution in [-0.4, -0.2) is 40.3 Å². The van der Waals surface area contributed by atoms with Crippen molar-refractivity contribution in [3.05, 3.63) is 24.0 Å². The van der Waals surface area contributed by atoms with Crippen LogP contribution in [0.5, 0.6) is 0 Å². The molecule has 1 aromatic heterocycles. The third-order valence-electron chi connectivity index (χ3n) is 4.29. The Morgan fingerprint density at radius 2 is 2.05 bits per heavy atom. The third kappa shape index (κ3) is 1.88. The van der Waals surface area contributed by atoms with E-state index in [9.17, 15) is 9.59 Å². The minimum absolute atomic E-state index is 0.0351. The predicted octanol–water partition coefficient (Wildman–Crippen LogP) is 1.51. The number of piperazine rings is 1. The van der Waals surface area contributed by atoms with Crippen molar-refractivity contribution in [1.82, 2.24) is 9.88 Å². The molecule has 0 spiro atoms. The van der Waals surface area contributed by atoms with Crippen molar-refractivity contribution in [2.75, 3.05) is 11.4 Å². The van der Waals surface area contributed by atoms with Crippen LogP contribution in [0.25, 0.3) is 0 Å². The van der Waals surface area contributed by atoms with Crippen LogP contribution in [0.4, 0.5) is 5.69 Å². The molecule has 2 unspecified atom stereocenters. The molecule has 1 aromatic rings. The van der Waals surface area contributed by atoms with E-state index in [-0.39, 0.29) is 17.9 Å². The summed E-state index contributed by atoms with van der Waals surface area (Å²) in [5.41, 5.74) is 1.54. The first-order valence-corrected chi connectivity index (χ1v) is 7.16. The molecule has 0 aliphatic carbocycles. The second kappa shape index (κ2) is 4.89. The number of aryl methyl sites for hydroxylation is 1. The van der Waals surface area contributed by atoms with Crippen LogP contribution < -0.4 is 4.90 Å². The van der Waals surface area contributed by atoms with Crippen LogP contribution in [0.2, 0.25) is 0 Å². The van der Waals surface area contributed by atoms with Crippen LogP contribution in [0.1, 0.15) is 31.9 Å². The van der Waals surface area contributed by atoms with Gasteiger partial charge in [-0.3, -0.25) is 19.5 Å². The summed E-state index contributed by atoms with van der Waals surface area (Å²) >= 11 is 0. The van der Waals surface area contributed by atoms with Crippen molar-refractivity contribution in [3.8, 4) is 0 Å². The van der Waals surface area contributed by atoms with Crippen LogP contribution in [-0.2, 0) is 9.59 Å². The summed E-state index contributed by atoms with van der Waals surface area (Å²) in [6, 6.07) is 2.94. The van der Waals surface area contributed by atoms with E-state index in [4.69, 9.17) is 0 Å². The molecule has 0 bridgehead atoms. The maximum atomic E-state index is 12.8. The van der Waals surface area contributed by atoms with Gasteiger partial charge in [-0.25, -0.2) is 0 Å². The lowest BCUT2D eigenvalue weighted by Crippen LogP contribution is -2.65. The largest absolute Gasteiger partial charge is 0.329 e. The minimum Gasteiger partial charge on any atom is -0.329 e. The molecule has 3 heterocycles. The zero-order chi connectivity index (χ0) is 14.3. The second-order valence-corrected chi connectivity index (χ2v) is 5.54. The number of nitrogens with zero attached hydrogens (tertiary/aromatic N) is 3. The van der Waals surface area contributed by atoms with Gasteiger partial charge in [0, 0.05) is 12.7 Å². The molecule has 3 rings (SSSR count).